The molecule has 8 aromatic carbocycles. The summed E-state index contributed by atoms with van der Waals surface area (Å²) >= 11 is 0. The topological polar surface area (TPSA) is 275 Å². The summed E-state index contributed by atoms with van der Waals surface area (Å²) in [5.74, 6) is 0. The zero-order valence-electron chi connectivity index (χ0n) is 33.8. The first-order valence-corrected chi connectivity index (χ1v) is 22.3. The molecule has 0 bridgehead atoms. The standard InChI is InChI=1S/C46H32N8O10S2/c55-39-23-21-37(45(57)43(39)53-49-35-13-5-9-27-7-1-3-11-33(27)35)51-47-31-19-17-29(41(25-31)65(59,60)61)15-16-30-18-20-32(26-42(30)66(62,63)64)48-52-38-22-24-40(56)44(46(38)58)54-50-36-14-6-10-28-8-2-4-12-34(28)36/h1-26,47-50H,(H,59,60,61)(H,62,63,64). The van der Waals surface area contributed by atoms with Gasteiger partial charge in [-0.15, -0.1) is 0 Å². The van der Waals surface area contributed by atoms with Crippen molar-refractivity contribution in [3.05, 3.63) is 219 Å². The van der Waals surface area contributed by atoms with Gasteiger partial charge in [-0.05, 0) is 82.6 Å². The van der Waals surface area contributed by atoms with Gasteiger partial charge in [0.05, 0.1) is 22.7 Å². The van der Waals surface area contributed by atoms with E-state index in [-0.39, 0.29) is 33.2 Å². The van der Waals surface area contributed by atoms with Gasteiger partial charge < -0.3 is 0 Å². The van der Waals surface area contributed by atoms with Crippen molar-refractivity contribution < 1.29 is 25.9 Å². The summed E-state index contributed by atoms with van der Waals surface area (Å²) in [4.78, 5) is 50.4. The maximum absolute atomic E-state index is 13.2. The Labute approximate surface area is 372 Å². The third-order valence-corrected chi connectivity index (χ3v) is 11.8. The molecule has 0 aliphatic rings. The number of hydrogen-bond acceptors (Lipinski definition) is 16. The molecule has 0 aromatic heterocycles. The lowest BCUT2D eigenvalue weighted by atomic mass is 10.1. The molecule has 0 fully saturated rings. The largest absolute Gasteiger partial charge is 0.295 e. The molecule has 0 amide bonds. The highest BCUT2D eigenvalue weighted by Crippen LogP contribution is 2.27. The molecule has 0 heterocycles. The van der Waals surface area contributed by atoms with E-state index in [9.17, 15) is 45.1 Å². The summed E-state index contributed by atoms with van der Waals surface area (Å²) < 4.78 is 70.4. The van der Waals surface area contributed by atoms with E-state index in [0.29, 0.717) is 11.4 Å². The van der Waals surface area contributed by atoms with Gasteiger partial charge in [0.25, 0.3) is 20.2 Å². The second kappa shape index (κ2) is 18.3. The van der Waals surface area contributed by atoms with E-state index in [2.05, 4.69) is 42.1 Å². The SMILES string of the molecule is O=c1ccc(=NNc2ccc(C=Cc3ccc(NN=c4ccc(=O)c(=NNc5cccc6ccccc56)c4=O)cc3S(=O)(=O)O)c(S(=O)(=O)O)c2)c(=O)c1=NNc1cccc2ccccc12. The van der Waals surface area contributed by atoms with Crippen molar-refractivity contribution in [2.75, 3.05) is 21.7 Å². The number of fused-ring (bicyclic) bond motifs is 2. The minimum Gasteiger partial charge on any atom is -0.287 e. The van der Waals surface area contributed by atoms with E-state index in [1.54, 1.807) is 24.3 Å². The minimum absolute atomic E-state index is 0.0106. The van der Waals surface area contributed by atoms with Crippen molar-refractivity contribution in [2.45, 2.75) is 9.79 Å². The van der Waals surface area contributed by atoms with Crippen molar-refractivity contribution in [1.29, 1.82) is 0 Å². The lowest BCUT2D eigenvalue weighted by Gasteiger charge is -2.08. The van der Waals surface area contributed by atoms with Gasteiger partial charge in [-0.25, -0.2) is 0 Å². The van der Waals surface area contributed by atoms with Crippen LogP contribution in [0.2, 0.25) is 0 Å². The average Bonchev–Trinajstić information content (AvgIpc) is 3.30. The number of nitrogens with one attached hydrogen (secondary N) is 4. The second-order valence-corrected chi connectivity index (χ2v) is 17.0. The quantitative estimate of drug-likeness (QED) is 0.0581. The van der Waals surface area contributed by atoms with Crippen LogP contribution in [0.15, 0.2) is 195 Å². The predicted octanol–water partition coefficient (Wildman–Crippen LogP) is 3.56. The van der Waals surface area contributed by atoms with Crippen LogP contribution in [0.3, 0.4) is 0 Å². The normalized spacial score (nSPS) is 13.2. The molecule has 0 spiro atoms. The molecule has 0 radical (unpaired) electrons. The van der Waals surface area contributed by atoms with Gasteiger partial charge in [-0.1, -0.05) is 97.1 Å². The van der Waals surface area contributed by atoms with Crippen molar-refractivity contribution in [3.8, 4) is 0 Å². The monoisotopic (exact) mass is 920 g/mol. The summed E-state index contributed by atoms with van der Waals surface area (Å²) in [5.41, 5.74) is 8.42. The Hall–Kier alpha value is -8.56. The Morgan fingerprint density at radius 1 is 0.424 bits per heavy atom. The van der Waals surface area contributed by atoms with E-state index < -0.39 is 62.5 Å². The molecular weight excluding hydrogens is 889 g/mol. The van der Waals surface area contributed by atoms with Crippen LogP contribution in [0.25, 0.3) is 33.7 Å². The first kappa shape index (κ1) is 44.1. The smallest absolute Gasteiger partial charge is 0.287 e. The number of benzene rings is 8. The molecule has 0 aliphatic carbocycles. The Morgan fingerprint density at radius 3 is 1.23 bits per heavy atom. The van der Waals surface area contributed by atoms with Crippen LogP contribution >= 0.6 is 0 Å². The second-order valence-electron chi connectivity index (χ2n) is 14.3. The zero-order valence-corrected chi connectivity index (χ0v) is 35.4. The maximum Gasteiger partial charge on any atom is 0.295 e. The van der Waals surface area contributed by atoms with Gasteiger partial charge >= 0.3 is 0 Å². The van der Waals surface area contributed by atoms with Crippen LogP contribution in [0.5, 0.6) is 0 Å². The van der Waals surface area contributed by atoms with Crippen molar-refractivity contribution in [1.82, 2.24) is 0 Å². The van der Waals surface area contributed by atoms with Crippen molar-refractivity contribution >= 4 is 76.7 Å². The van der Waals surface area contributed by atoms with E-state index in [1.807, 2.05) is 60.7 Å². The maximum atomic E-state index is 13.2. The third kappa shape index (κ3) is 9.66. The molecule has 0 saturated carbocycles. The molecule has 0 saturated heterocycles. The fourth-order valence-corrected chi connectivity index (χ4v) is 8.13. The van der Waals surface area contributed by atoms with Gasteiger partial charge in [-0.3, -0.25) is 50.0 Å². The third-order valence-electron chi connectivity index (χ3n) is 9.94. The Morgan fingerprint density at radius 2 is 0.818 bits per heavy atom. The lowest BCUT2D eigenvalue weighted by molar-refractivity contribution is 0.480. The van der Waals surface area contributed by atoms with Gasteiger partial charge in [0.1, 0.15) is 20.5 Å². The molecule has 18 nitrogen and oxygen atoms in total. The van der Waals surface area contributed by atoms with E-state index in [4.69, 9.17) is 0 Å². The first-order valence-electron chi connectivity index (χ1n) is 19.4. The van der Waals surface area contributed by atoms with Crippen LogP contribution in [-0.4, -0.2) is 25.9 Å². The zero-order chi connectivity index (χ0) is 46.6. The molecule has 0 atom stereocenters. The first-order chi connectivity index (χ1) is 31.6. The highest BCUT2D eigenvalue weighted by Gasteiger charge is 2.18. The van der Waals surface area contributed by atoms with Crippen LogP contribution in [-0.2, 0) is 20.2 Å². The summed E-state index contributed by atoms with van der Waals surface area (Å²) in [7, 11) is -9.87. The fourth-order valence-electron chi connectivity index (χ4n) is 6.71. The number of anilines is 4. The van der Waals surface area contributed by atoms with Crippen molar-refractivity contribution in [2.24, 2.45) is 20.4 Å². The predicted molar refractivity (Wildman–Crippen MR) is 249 cm³/mol. The molecule has 8 aromatic rings. The van der Waals surface area contributed by atoms with Gasteiger partial charge in [0.2, 0.25) is 21.7 Å². The van der Waals surface area contributed by atoms with E-state index >= 15 is 0 Å². The Kier molecular flexibility index (Phi) is 12.2. The molecular formula is C46H32N8O10S2. The van der Waals surface area contributed by atoms with E-state index in [0.717, 1.165) is 70.1 Å². The molecule has 66 heavy (non-hydrogen) atoms. The summed E-state index contributed by atoms with van der Waals surface area (Å²) in [6.07, 6.45) is 2.33. The van der Waals surface area contributed by atoms with Crippen molar-refractivity contribution in [3.63, 3.8) is 0 Å². The van der Waals surface area contributed by atoms with Crippen LogP contribution in [0.1, 0.15) is 11.1 Å². The van der Waals surface area contributed by atoms with Crippen LogP contribution in [0, 0.1) is 0 Å². The van der Waals surface area contributed by atoms with Gasteiger partial charge in [0.15, 0.2) is 10.7 Å². The average molecular weight is 921 g/mol. The summed E-state index contributed by atoms with van der Waals surface area (Å²) in [5, 5.41) is 18.2. The number of nitrogens with zero attached hydrogens (tertiary/aromatic N) is 4. The van der Waals surface area contributed by atoms with Crippen LogP contribution < -0.4 is 64.8 Å². The molecule has 0 aliphatic heterocycles. The van der Waals surface area contributed by atoms with E-state index in [1.165, 1.54) is 24.3 Å². The molecule has 328 valence electrons. The number of hydrogen-bond donors (Lipinski definition) is 6. The number of rotatable bonds is 12. The van der Waals surface area contributed by atoms with Crippen LogP contribution in [0.4, 0.5) is 22.7 Å². The Bertz CT molecular complexity index is 3740. The molecule has 20 heteroatoms. The fraction of sp³-hybridized carbons (Fsp3) is 0. The molecule has 6 N–H and O–H groups in total. The molecule has 0 unspecified atom stereocenters. The summed E-state index contributed by atoms with van der Waals surface area (Å²) in [6, 6.07) is 37.3. The summed E-state index contributed by atoms with van der Waals surface area (Å²) in [6.45, 7) is 0. The molecule has 8 rings (SSSR count). The Balaban J connectivity index is 1.04. The highest BCUT2D eigenvalue weighted by atomic mass is 32.2. The van der Waals surface area contributed by atoms with Gasteiger partial charge in [-0.2, -0.15) is 37.2 Å². The highest BCUT2D eigenvalue weighted by molar-refractivity contribution is 7.86. The van der Waals surface area contributed by atoms with Gasteiger partial charge in [0, 0.05) is 10.8 Å². The lowest BCUT2D eigenvalue weighted by Crippen LogP contribution is -2.47. The minimum atomic E-state index is -4.93.